The van der Waals surface area contributed by atoms with Crippen molar-refractivity contribution < 1.29 is 17.6 Å². The van der Waals surface area contributed by atoms with Gasteiger partial charge in [-0.15, -0.1) is 0 Å². The molecule has 146 valence electrons. The molecule has 3 nitrogen and oxygen atoms in total. The van der Waals surface area contributed by atoms with Gasteiger partial charge in [0.15, 0.2) is 0 Å². The second-order valence-corrected chi connectivity index (χ2v) is 6.89. The summed E-state index contributed by atoms with van der Waals surface area (Å²) in [4.78, 5) is 0. The number of fused-ring (bicyclic) bond motifs is 1. The van der Waals surface area contributed by atoms with Crippen molar-refractivity contribution in [1.82, 2.24) is 9.78 Å². The molecular weight excluding hydrogens is 370 g/mol. The number of hydrogen-bond donors (Lipinski definition) is 1. The molecular formula is C21H19F4N3. The number of anilines is 1. The summed E-state index contributed by atoms with van der Waals surface area (Å²) in [5.74, 6) is 0.292. The molecule has 0 bridgehead atoms. The Morgan fingerprint density at radius 1 is 1.00 bits per heavy atom. The molecule has 1 N–H and O–H groups in total. The fourth-order valence-corrected chi connectivity index (χ4v) is 3.58. The van der Waals surface area contributed by atoms with Crippen LogP contribution in [-0.2, 0) is 19.0 Å². The predicted octanol–water partition coefficient (Wildman–Crippen LogP) is 5.37. The van der Waals surface area contributed by atoms with E-state index in [4.69, 9.17) is 0 Å². The van der Waals surface area contributed by atoms with E-state index >= 15 is 0 Å². The molecule has 0 aliphatic carbocycles. The summed E-state index contributed by atoms with van der Waals surface area (Å²) in [7, 11) is 0. The second-order valence-electron chi connectivity index (χ2n) is 6.89. The first kappa shape index (κ1) is 18.5. The van der Waals surface area contributed by atoms with Gasteiger partial charge in [-0.2, -0.15) is 18.3 Å². The number of nitrogens with zero attached hydrogens (tertiary/aromatic N) is 2. The Kier molecular flexibility index (Phi) is 4.83. The van der Waals surface area contributed by atoms with E-state index in [9.17, 15) is 17.6 Å². The first-order valence-corrected chi connectivity index (χ1v) is 9.19. The fraction of sp³-hybridized carbons (Fsp3) is 0.286. The summed E-state index contributed by atoms with van der Waals surface area (Å²) in [5, 5.41) is 7.82. The third-order valence-electron chi connectivity index (χ3n) is 4.94. The van der Waals surface area contributed by atoms with Gasteiger partial charge in [-0.3, -0.25) is 0 Å². The molecule has 0 unspecified atom stereocenters. The van der Waals surface area contributed by atoms with Gasteiger partial charge in [0.1, 0.15) is 11.6 Å². The van der Waals surface area contributed by atoms with Gasteiger partial charge in [0.25, 0.3) is 0 Å². The third kappa shape index (κ3) is 3.61. The highest BCUT2D eigenvalue weighted by Crippen LogP contribution is 2.36. The molecule has 0 saturated carbocycles. The first-order chi connectivity index (χ1) is 13.4. The number of rotatable bonds is 3. The van der Waals surface area contributed by atoms with Gasteiger partial charge in [0.05, 0.1) is 16.9 Å². The molecule has 0 fully saturated rings. The van der Waals surface area contributed by atoms with E-state index in [1.165, 1.54) is 28.9 Å². The van der Waals surface area contributed by atoms with Crippen molar-refractivity contribution in [2.75, 3.05) is 11.9 Å². The summed E-state index contributed by atoms with van der Waals surface area (Å²) >= 11 is 0. The topological polar surface area (TPSA) is 29.9 Å². The number of alkyl halides is 3. The van der Waals surface area contributed by atoms with E-state index in [1.54, 1.807) is 18.2 Å². The lowest BCUT2D eigenvalue weighted by Gasteiger charge is -2.15. The van der Waals surface area contributed by atoms with Crippen molar-refractivity contribution in [3.8, 4) is 5.69 Å². The largest absolute Gasteiger partial charge is 0.418 e. The summed E-state index contributed by atoms with van der Waals surface area (Å²) < 4.78 is 55.2. The highest BCUT2D eigenvalue weighted by Gasteiger charge is 2.35. The SMILES string of the molecule is Fc1ccc(Cc2nn(-c3ccccc3C(F)(F)F)c3c2CCCCN3)cc1. The van der Waals surface area contributed by atoms with E-state index in [0.717, 1.165) is 36.5 Å². The average Bonchev–Trinajstić information content (AvgIpc) is 2.84. The van der Waals surface area contributed by atoms with Crippen LogP contribution in [0, 0.1) is 5.82 Å². The van der Waals surface area contributed by atoms with E-state index in [2.05, 4.69) is 10.4 Å². The molecule has 0 spiro atoms. The van der Waals surface area contributed by atoms with Gasteiger partial charge in [0.2, 0.25) is 0 Å². The molecule has 1 aliphatic rings. The zero-order chi connectivity index (χ0) is 19.7. The molecule has 0 saturated heterocycles. The van der Waals surface area contributed by atoms with Gasteiger partial charge >= 0.3 is 6.18 Å². The number of aromatic nitrogens is 2. The Hall–Kier alpha value is -2.83. The molecule has 1 aliphatic heterocycles. The fourth-order valence-electron chi connectivity index (χ4n) is 3.58. The zero-order valence-electron chi connectivity index (χ0n) is 15.1. The smallest absolute Gasteiger partial charge is 0.370 e. The molecule has 0 amide bonds. The molecule has 3 aromatic rings. The molecule has 0 atom stereocenters. The minimum atomic E-state index is -4.47. The van der Waals surface area contributed by atoms with Crippen molar-refractivity contribution in [2.24, 2.45) is 0 Å². The van der Waals surface area contributed by atoms with Crippen LogP contribution >= 0.6 is 0 Å². The van der Waals surface area contributed by atoms with Crippen molar-refractivity contribution in [1.29, 1.82) is 0 Å². The quantitative estimate of drug-likeness (QED) is 0.611. The van der Waals surface area contributed by atoms with Crippen molar-refractivity contribution in [3.63, 3.8) is 0 Å². The van der Waals surface area contributed by atoms with Crippen LogP contribution < -0.4 is 5.32 Å². The van der Waals surface area contributed by atoms with Crippen molar-refractivity contribution in [3.05, 3.63) is 76.7 Å². The molecule has 2 heterocycles. The van der Waals surface area contributed by atoms with E-state index < -0.39 is 11.7 Å². The van der Waals surface area contributed by atoms with Gasteiger partial charge in [-0.05, 0) is 49.1 Å². The van der Waals surface area contributed by atoms with Gasteiger partial charge in [-0.25, -0.2) is 9.07 Å². The van der Waals surface area contributed by atoms with E-state index in [0.29, 0.717) is 24.5 Å². The Morgan fingerprint density at radius 3 is 2.50 bits per heavy atom. The molecule has 28 heavy (non-hydrogen) atoms. The van der Waals surface area contributed by atoms with Crippen LogP contribution in [-0.4, -0.2) is 16.3 Å². The van der Waals surface area contributed by atoms with Crippen LogP contribution in [0.1, 0.15) is 35.2 Å². The summed E-state index contributed by atoms with van der Waals surface area (Å²) in [6, 6.07) is 11.6. The number of halogens is 4. The van der Waals surface area contributed by atoms with Crippen LogP contribution in [0.15, 0.2) is 48.5 Å². The minimum absolute atomic E-state index is 0.00556. The van der Waals surface area contributed by atoms with Gasteiger partial charge in [0, 0.05) is 18.5 Å². The first-order valence-electron chi connectivity index (χ1n) is 9.19. The normalized spacial score (nSPS) is 14.3. The van der Waals surface area contributed by atoms with Crippen LogP contribution in [0.25, 0.3) is 5.69 Å². The highest BCUT2D eigenvalue weighted by molar-refractivity contribution is 5.57. The molecule has 0 radical (unpaired) electrons. The Balaban J connectivity index is 1.83. The van der Waals surface area contributed by atoms with Crippen LogP contribution in [0.4, 0.5) is 23.4 Å². The lowest BCUT2D eigenvalue weighted by molar-refractivity contribution is -0.137. The van der Waals surface area contributed by atoms with Crippen LogP contribution in [0.2, 0.25) is 0 Å². The standard InChI is InChI=1S/C21H19F4N3/c22-15-10-8-14(9-11-15)13-18-16-5-3-4-12-26-20(16)28(27-18)19-7-2-1-6-17(19)21(23,24)25/h1-2,6-11,26H,3-5,12-13H2. The Labute approximate surface area is 160 Å². The second kappa shape index (κ2) is 7.30. The minimum Gasteiger partial charge on any atom is -0.370 e. The van der Waals surface area contributed by atoms with Crippen molar-refractivity contribution >= 4 is 5.82 Å². The molecule has 7 heteroatoms. The lowest BCUT2D eigenvalue weighted by Crippen LogP contribution is -2.14. The average molecular weight is 389 g/mol. The predicted molar refractivity (Wildman–Crippen MR) is 99.2 cm³/mol. The third-order valence-corrected chi connectivity index (χ3v) is 4.94. The Bertz CT molecular complexity index is 974. The highest BCUT2D eigenvalue weighted by atomic mass is 19.4. The molecule has 1 aromatic heterocycles. The summed E-state index contributed by atoms with van der Waals surface area (Å²) in [6.07, 6.45) is -1.43. The van der Waals surface area contributed by atoms with Crippen molar-refractivity contribution in [2.45, 2.75) is 31.9 Å². The van der Waals surface area contributed by atoms with E-state index in [1.807, 2.05) is 0 Å². The maximum Gasteiger partial charge on any atom is 0.418 e. The summed E-state index contributed by atoms with van der Waals surface area (Å²) in [6.45, 7) is 0.683. The maximum atomic E-state index is 13.5. The van der Waals surface area contributed by atoms with Crippen LogP contribution in [0.3, 0.4) is 0 Å². The number of nitrogens with one attached hydrogen (secondary N) is 1. The van der Waals surface area contributed by atoms with E-state index in [-0.39, 0.29) is 11.5 Å². The van der Waals surface area contributed by atoms with Gasteiger partial charge in [-0.1, -0.05) is 24.3 Å². The number of benzene rings is 2. The van der Waals surface area contributed by atoms with Gasteiger partial charge < -0.3 is 5.32 Å². The Morgan fingerprint density at radius 2 is 1.75 bits per heavy atom. The van der Waals surface area contributed by atoms with Crippen LogP contribution in [0.5, 0.6) is 0 Å². The molecule has 4 rings (SSSR count). The summed E-state index contributed by atoms with van der Waals surface area (Å²) in [5.41, 5.74) is 1.79. The number of hydrogen-bond acceptors (Lipinski definition) is 2. The number of para-hydroxylation sites is 1. The molecule has 2 aromatic carbocycles. The monoisotopic (exact) mass is 389 g/mol. The zero-order valence-corrected chi connectivity index (χ0v) is 15.1. The lowest BCUT2D eigenvalue weighted by atomic mass is 10.0. The maximum absolute atomic E-state index is 13.5.